The van der Waals surface area contributed by atoms with E-state index in [2.05, 4.69) is 10.2 Å². The van der Waals surface area contributed by atoms with E-state index in [0.29, 0.717) is 0 Å². The maximum Gasteiger partial charge on any atom is 0.319 e. The zero-order valence-electron chi connectivity index (χ0n) is 8.30. The summed E-state index contributed by atoms with van der Waals surface area (Å²) in [4.78, 5) is 11.4. The largest absolute Gasteiger partial charge is 0.462 e. The molecule has 1 fully saturated rings. The Kier molecular flexibility index (Phi) is 3.53. The summed E-state index contributed by atoms with van der Waals surface area (Å²) >= 11 is 4.54. The van der Waals surface area contributed by atoms with Gasteiger partial charge in [-0.3, -0.25) is 4.79 Å². The summed E-state index contributed by atoms with van der Waals surface area (Å²) in [6.45, 7) is 1.91. The number of carbonyl (C=O) groups excluding carboxylic acids is 1. The molecule has 0 aliphatic carbocycles. The van der Waals surface area contributed by atoms with E-state index in [1.54, 1.807) is 11.8 Å². The van der Waals surface area contributed by atoms with Crippen LogP contribution in [0.2, 0.25) is 0 Å². The quantitative estimate of drug-likeness (QED) is 0.614. The van der Waals surface area contributed by atoms with Gasteiger partial charge in [-0.1, -0.05) is 34.9 Å². The molecule has 1 saturated heterocycles. The summed E-state index contributed by atoms with van der Waals surface area (Å²) in [6, 6.07) is 0. The van der Waals surface area contributed by atoms with Crippen molar-refractivity contribution in [1.29, 1.82) is 0 Å². The van der Waals surface area contributed by atoms with Gasteiger partial charge in [0.25, 0.3) is 0 Å². The predicted molar refractivity (Wildman–Crippen MR) is 61.5 cm³/mol. The van der Waals surface area contributed by atoms with Crippen LogP contribution >= 0.6 is 34.9 Å². The molecule has 0 saturated carbocycles. The Morgan fingerprint density at radius 1 is 1.47 bits per heavy atom. The predicted octanol–water partition coefficient (Wildman–Crippen LogP) is 2.06. The number of carbonyl (C=O) groups is 1. The molecule has 7 heteroatoms. The summed E-state index contributed by atoms with van der Waals surface area (Å²) in [6.07, 6.45) is 2.75. The van der Waals surface area contributed by atoms with Crippen LogP contribution in [-0.2, 0) is 9.53 Å². The lowest BCUT2D eigenvalue weighted by Gasteiger charge is -1.99. The molecule has 2 atom stereocenters. The van der Waals surface area contributed by atoms with Gasteiger partial charge < -0.3 is 4.74 Å². The second-order valence-corrected chi connectivity index (χ2v) is 6.61. The van der Waals surface area contributed by atoms with Crippen LogP contribution in [0.5, 0.6) is 0 Å². The van der Waals surface area contributed by atoms with Gasteiger partial charge in [0, 0.05) is 6.42 Å². The van der Waals surface area contributed by atoms with Gasteiger partial charge in [-0.2, -0.15) is 0 Å². The first kappa shape index (κ1) is 11.2. The van der Waals surface area contributed by atoms with Crippen molar-refractivity contribution in [2.24, 2.45) is 0 Å². The Morgan fingerprint density at radius 3 is 2.73 bits per heavy atom. The molecule has 0 aromatic carbocycles. The van der Waals surface area contributed by atoms with Crippen molar-refractivity contribution in [2.45, 2.75) is 33.4 Å². The Balaban J connectivity index is 1.99. The Bertz CT molecular complexity index is 369. The molecule has 0 amide bonds. The molecule has 1 aliphatic heterocycles. The Hall–Kier alpha value is -0.270. The molecular weight excluding hydrogens is 252 g/mol. The molecule has 0 spiro atoms. The number of hydrogen-bond acceptors (Lipinski definition) is 7. The minimum Gasteiger partial charge on any atom is -0.462 e. The maximum absolute atomic E-state index is 11.4. The summed E-state index contributed by atoms with van der Waals surface area (Å²) in [5.74, 6) is -0.131. The van der Waals surface area contributed by atoms with Crippen LogP contribution in [0.4, 0.5) is 0 Å². The van der Waals surface area contributed by atoms with E-state index in [0.717, 1.165) is 15.1 Å². The number of ether oxygens (including phenoxy) is 1. The standard InChI is InChI=1S/C8H10N2O2S3/c1-4-3-5(6(11)12-4)14-8-10-9-7(13-2)15-8/h4-5H,3H2,1-2H3/t4-,5-/m1/s1. The third-order valence-corrected chi connectivity index (χ3v) is 5.12. The van der Waals surface area contributed by atoms with Gasteiger partial charge in [0.05, 0.1) is 0 Å². The molecule has 82 valence electrons. The van der Waals surface area contributed by atoms with Crippen molar-refractivity contribution in [3.8, 4) is 0 Å². The number of esters is 1. The van der Waals surface area contributed by atoms with Crippen LogP contribution < -0.4 is 0 Å². The third-order valence-electron chi connectivity index (χ3n) is 1.93. The molecule has 4 nitrogen and oxygen atoms in total. The molecule has 2 rings (SSSR count). The average Bonchev–Trinajstić information content (AvgIpc) is 2.75. The van der Waals surface area contributed by atoms with Gasteiger partial charge in [0.15, 0.2) is 8.68 Å². The van der Waals surface area contributed by atoms with Gasteiger partial charge in [-0.25, -0.2) is 0 Å². The number of nitrogens with zero attached hydrogens (tertiary/aromatic N) is 2. The summed E-state index contributed by atoms with van der Waals surface area (Å²) in [7, 11) is 0. The van der Waals surface area contributed by atoms with Crippen molar-refractivity contribution in [3.63, 3.8) is 0 Å². The molecule has 2 heterocycles. The fraction of sp³-hybridized carbons (Fsp3) is 0.625. The van der Waals surface area contributed by atoms with E-state index in [1.807, 2.05) is 13.2 Å². The Labute approximate surface area is 100 Å². The van der Waals surface area contributed by atoms with Crippen molar-refractivity contribution < 1.29 is 9.53 Å². The van der Waals surface area contributed by atoms with Crippen LogP contribution in [0.25, 0.3) is 0 Å². The van der Waals surface area contributed by atoms with Gasteiger partial charge in [0.1, 0.15) is 11.4 Å². The normalized spacial score (nSPS) is 25.6. The van der Waals surface area contributed by atoms with E-state index in [9.17, 15) is 4.79 Å². The SMILES string of the molecule is CSc1nnc(S[C@@H]2C[C@@H](C)OC2=O)s1. The van der Waals surface area contributed by atoms with Crippen LogP contribution in [-0.4, -0.2) is 33.8 Å². The van der Waals surface area contributed by atoms with E-state index in [-0.39, 0.29) is 17.3 Å². The highest BCUT2D eigenvalue weighted by atomic mass is 32.2. The summed E-state index contributed by atoms with van der Waals surface area (Å²) < 4.78 is 6.84. The molecule has 1 aromatic rings. The zero-order valence-corrected chi connectivity index (χ0v) is 10.7. The second-order valence-electron chi connectivity index (χ2n) is 3.13. The lowest BCUT2D eigenvalue weighted by Crippen LogP contribution is -2.08. The molecule has 0 N–H and O–H groups in total. The number of rotatable bonds is 3. The molecule has 15 heavy (non-hydrogen) atoms. The van der Waals surface area contributed by atoms with E-state index >= 15 is 0 Å². The summed E-state index contributed by atoms with van der Waals surface area (Å²) in [5.41, 5.74) is 0. The maximum atomic E-state index is 11.4. The van der Waals surface area contributed by atoms with Gasteiger partial charge in [0.2, 0.25) is 0 Å². The van der Waals surface area contributed by atoms with Gasteiger partial charge in [-0.05, 0) is 13.2 Å². The van der Waals surface area contributed by atoms with E-state index in [1.165, 1.54) is 23.1 Å². The first-order chi connectivity index (χ1) is 7.19. The van der Waals surface area contributed by atoms with Crippen molar-refractivity contribution in [1.82, 2.24) is 10.2 Å². The van der Waals surface area contributed by atoms with E-state index < -0.39 is 0 Å². The fourth-order valence-corrected chi connectivity index (χ4v) is 4.06. The number of cyclic esters (lactones) is 1. The lowest BCUT2D eigenvalue weighted by atomic mass is 10.3. The number of thioether (sulfide) groups is 2. The van der Waals surface area contributed by atoms with Crippen molar-refractivity contribution >= 4 is 40.8 Å². The van der Waals surface area contributed by atoms with Crippen LogP contribution in [0.1, 0.15) is 13.3 Å². The minimum absolute atomic E-state index is 0.0305. The summed E-state index contributed by atoms with van der Waals surface area (Å²) in [5, 5.41) is 7.88. The van der Waals surface area contributed by atoms with Crippen LogP contribution in [0.15, 0.2) is 8.68 Å². The number of hydrogen-bond donors (Lipinski definition) is 0. The average molecular weight is 262 g/mol. The Morgan fingerprint density at radius 2 is 2.20 bits per heavy atom. The molecule has 0 unspecified atom stereocenters. The smallest absolute Gasteiger partial charge is 0.319 e. The lowest BCUT2D eigenvalue weighted by molar-refractivity contribution is -0.140. The first-order valence-electron chi connectivity index (χ1n) is 4.43. The molecule has 1 aliphatic rings. The van der Waals surface area contributed by atoms with Gasteiger partial charge >= 0.3 is 5.97 Å². The minimum atomic E-state index is -0.131. The zero-order chi connectivity index (χ0) is 10.8. The first-order valence-corrected chi connectivity index (χ1v) is 7.36. The molecular formula is C8H10N2O2S3. The van der Waals surface area contributed by atoms with Crippen LogP contribution in [0.3, 0.4) is 0 Å². The fourth-order valence-electron chi connectivity index (χ4n) is 1.27. The van der Waals surface area contributed by atoms with E-state index in [4.69, 9.17) is 4.74 Å². The highest BCUT2D eigenvalue weighted by molar-refractivity contribution is 8.03. The third kappa shape index (κ3) is 2.64. The van der Waals surface area contributed by atoms with Crippen molar-refractivity contribution in [2.75, 3.05) is 6.26 Å². The second kappa shape index (κ2) is 4.71. The monoisotopic (exact) mass is 262 g/mol. The van der Waals surface area contributed by atoms with Crippen LogP contribution in [0, 0.1) is 0 Å². The highest BCUT2D eigenvalue weighted by Gasteiger charge is 2.33. The molecule has 0 bridgehead atoms. The topological polar surface area (TPSA) is 52.1 Å². The van der Waals surface area contributed by atoms with Crippen molar-refractivity contribution in [3.05, 3.63) is 0 Å². The van der Waals surface area contributed by atoms with Gasteiger partial charge in [-0.15, -0.1) is 10.2 Å². The molecule has 0 radical (unpaired) electrons. The highest BCUT2D eigenvalue weighted by Crippen LogP contribution is 2.35. The molecule has 1 aromatic heterocycles. The number of aromatic nitrogens is 2.